The van der Waals surface area contributed by atoms with Gasteiger partial charge in [-0.3, -0.25) is 14.5 Å². The van der Waals surface area contributed by atoms with E-state index in [2.05, 4.69) is 0 Å². The molecule has 0 bridgehead atoms. The number of hydrogen-bond donors (Lipinski definition) is 1. The van der Waals surface area contributed by atoms with Gasteiger partial charge in [0, 0.05) is 35.7 Å². The number of anilines is 1. The Kier molecular flexibility index (Phi) is 5.86. The van der Waals surface area contributed by atoms with Gasteiger partial charge in [0.25, 0.3) is 0 Å². The molecular weight excluding hydrogens is 473 g/mol. The fourth-order valence-corrected chi connectivity index (χ4v) is 5.22. The van der Waals surface area contributed by atoms with Gasteiger partial charge in [0.2, 0.25) is 5.91 Å². The normalized spacial score (nSPS) is 20.4. The zero-order valence-corrected chi connectivity index (χ0v) is 19.7. The smallest absolute Gasteiger partial charge is 0.337 e. The van der Waals surface area contributed by atoms with Crippen LogP contribution in [-0.2, 0) is 9.59 Å². The van der Waals surface area contributed by atoms with Crippen molar-refractivity contribution in [1.29, 1.82) is 0 Å². The molecule has 8 heteroatoms. The topological polar surface area (TPSA) is 74.7 Å². The zero-order chi connectivity index (χ0) is 23.4. The number of halogens is 3. The van der Waals surface area contributed by atoms with Crippen molar-refractivity contribution in [3.8, 4) is 0 Å². The summed E-state index contributed by atoms with van der Waals surface area (Å²) in [5.74, 6) is -2.02. The van der Waals surface area contributed by atoms with Gasteiger partial charge in [0.15, 0.2) is 5.78 Å². The molecule has 1 aliphatic carbocycles. The molecule has 32 heavy (non-hydrogen) atoms. The van der Waals surface area contributed by atoms with Gasteiger partial charge in [-0.2, -0.15) is 0 Å². The van der Waals surface area contributed by atoms with E-state index in [9.17, 15) is 19.5 Å². The Bertz CT molecular complexity index is 1200. The average Bonchev–Trinajstić information content (AvgIpc) is 2.69. The third kappa shape index (κ3) is 3.94. The Morgan fingerprint density at radius 2 is 1.78 bits per heavy atom. The van der Waals surface area contributed by atoms with Gasteiger partial charge in [0.05, 0.1) is 20.6 Å². The van der Waals surface area contributed by atoms with Crippen molar-refractivity contribution >= 4 is 58.1 Å². The standard InChI is InChI=1S/C24H20Cl3NO4/c1-24(2)10-18-21(19(29)11-24)14(13-4-3-5-17(26)22(13)27)9-20(30)28(18)12-6-7-16(25)15(8-12)23(31)32/h3-8,14H,9-11H2,1-2H3,(H,31,32). The second kappa shape index (κ2) is 8.22. The molecule has 5 nitrogen and oxygen atoms in total. The average molecular weight is 493 g/mol. The van der Waals surface area contributed by atoms with Crippen molar-refractivity contribution < 1.29 is 19.5 Å². The number of carbonyl (C=O) groups is 3. The van der Waals surface area contributed by atoms with E-state index in [0.717, 1.165) is 0 Å². The summed E-state index contributed by atoms with van der Waals surface area (Å²) in [6.45, 7) is 3.94. The molecule has 2 aliphatic rings. The molecule has 1 atom stereocenters. The Morgan fingerprint density at radius 3 is 2.47 bits per heavy atom. The summed E-state index contributed by atoms with van der Waals surface area (Å²) in [4.78, 5) is 39.9. The molecule has 0 saturated heterocycles. The largest absolute Gasteiger partial charge is 0.478 e. The molecule has 1 N–H and O–H groups in total. The van der Waals surface area contributed by atoms with Gasteiger partial charge in [-0.1, -0.05) is 60.8 Å². The molecule has 4 rings (SSSR count). The van der Waals surface area contributed by atoms with Gasteiger partial charge in [-0.25, -0.2) is 4.79 Å². The molecule has 1 amide bonds. The maximum Gasteiger partial charge on any atom is 0.337 e. The van der Waals surface area contributed by atoms with Gasteiger partial charge < -0.3 is 5.11 Å². The predicted molar refractivity (Wildman–Crippen MR) is 125 cm³/mol. The number of carbonyl (C=O) groups excluding carboxylic acids is 2. The van der Waals surface area contributed by atoms with Crippen LogP contribution < -0.4 is 4.90 Å². The molecule has 1 unspecified atom stereocenters. The first-order valence-electron chi connectivity index (χ1n) is 10.1. The van der Waals surface area contributed by atoms with Crippen LogP contribution in [0.25, 0.3) is 0 Å². The summed E-state index contributed by atoms with van der Waals surface area (Å²) in [5.41, 5.74) is 1.62. The first-order chi connectivity index (χ1) is 15.0. The zero-order valence-electron chi connectivity index (χ0n) is 17.4. The lowest BCUT2D eigenvalue weighted by molar-refractivity contribution is -0.121. The van der Waals surface area contributed by atoms with Crippen LogP contribution in [0.1, 0.15) is 54.9 Å². The van der Waals surface area contributed by atoms with E-state index in [4.69, 9.17) is 34.8 Å². The number of hydrogen-bond acceptors (Lipinski definition) is 3. The van der Waals surface area contributed by atoms with Gasteiger partial charge in [-0.05, 0) is 41.7 Å². The minimum Gasteiger partial charge on any atom is -0.478 e. The molecular formula is C24H20Cl3NO4. The molecule has 0 spiro atoms. The first-order valence-corrected chi connectivity index (χ1v) is 11.2. The summed E-state index contributed by atoms with van der Waals surface area (Å²) in [6.07, 6.45) is 0.819. The summed E-state index contributed by atoms with van der Waals surface area (Å²) in [6, 6.07) is 9.60. The molecule has 1 aliphatic heterocycles. The second-order valence-corrected chi connectivity index (χ2v) is 10.1. The number of amides is 1. The molecule has 0 fully saturated rings. The van der Waals surface area contributed by atoms with E-state index in [-0.39, 0.29) is 34.1 Å². The summed E-state index contributed by atoms with van der Waals surface area (Å²) >= 11 is 18.7. The van der Waals surface area contributed by atoms with Crippen LogP contribution in [0.3, 0.4) is 0 Å². The summed E-state index contributed by atoms with van der Waals surface area (Å²) in [5, 5.41) is 10.2. The highest BCUT2D eigenvalue weighted by molar-refractivity contribution is 6.42. The molecule has 2 aromatic carbocycles. The summed E-state index contributed by atoms with van der Waals surface area (Å²) < 4.78 is 0. The predicted octanol–water partition coefficient (Wildman–Crippen LogP) is 6.51. The Hall–Kier alpha value is -2.34. The molecule has 0 aromatic heterocycles. The van der Waals surface area contributed by atoms with Crippen LogP contribution in [0.15, 0.2) is 47.7 Å². The van der Waals surface area contributed by atoms with E-state index in [1.54, 1.807) is 24.3 Å². The quantitative estimate of drug-likeness (QED) is 0.530. The van der Waals surface area contributed by atoms with Crippen molar-refractivity contribution in [2.45, 2.75) is 39.0 Å². The van der Waals surface area contributed by atoms with Crippen LogP contribution >= 0.6 is 34.8 Å². The van der Waals surface area contributed by atoms with Crippen molar-refractivity contribution in [2.75, 3.05) is 4.90 Å². The Balaban J connectivity index is 1.94. The number of benzene rings is 2. The van der Waals surface area contributed by atoms with E-state index >= 15 is 0 Å². The SMILES string of the molecule is CC1(C)CC(=O)C2=C(C1)N(c1ccc(Cl)c(C(=O)O)c1)C(=O)CC2c1cccc(Cl)c1Cl. The highest BCUT2D eigenvalue weighted by Crippen LogP contribution is 2.49. The van der Waals surface area contributed by atoms with Crippen molar-refractivity contribution in [3.63, 3.8) is 0 Å². The fraction of sp³-hybridized carbons (Fsp3) is 0.292. The number of nitrogens with zero attached hydrogens (tertiary/aromatic N) is 1. The van der Waals surface area contributed by atoms with Gasteiger partial charge in [0.1, 0.15) is 0 Å². The van der Waals surface area contributed by atoms with E-state index in [1.165, 1.54) is 17.0 Å². The lowest BCUT2D eigenvalue weighted by atomic mass is 9.69. The van der Waals surface area contributed by atoms with Gasteiger partial charge >= 0.3 is 5.97 Å². The highest BCUT2D eigenvalue weighted by Gasteiger charge is 2.45. The monoisotopic (exact) mass is 491 g/mol. The maximum absolute atomic E-state index is 13.4. The first kappa shape index (κ1) is 22.8. The Labute approximate surface area is 200 Å². The van der Waals surface area contributed by atoms with Crippen LogP contribution in [0, 0.1) is 5.41 Å². The van der Waals surface area contributed by atoms with E-state index in [0.29, 0.717) is 45.4 Å². The van der Waals surface area contributed by atoms with Crippen LogP contribution in [0.2, 0.25) is 15.1 Å². The minimum atomic E-state index is -1.20. The van der Waals surface area contributed by atoms with Crippen LogP contribution in [0.4, 0.5) is 5.69 Å². The minimum absolute atomic E-state index is 0.0100. The fourth-order valence-electron chi connectivity index (χ4n) is 4.59. The number of allylic oxidation sites excluding steroid dienone is 2. The number of ketones is 1. The number of carboxylic acid groups (broad SMARTS) is 1. The molecule has 0 radical (unpaired) electrons. The van der Waals surface area contributed by atoms with Crippen molar-refractivity contribution in [2.24, 2.45) is 5.41 Å². The number of aromatic carboxylic acids is 1. The van der Waals surface area contributed by atoms with E-state index in [1.807, 2.05) is 13.8 Å². The number of Topliss-reactive ketones (excluding diaryl/α,β-unsaturated/α-hetero) is 1. The van der Waals surface area contributed by atoms with Gasteiger partial charge in [-0.15, -0.1) is 0 Å². The lowest BCUT2D eigenvalue weighted by Gasteiger charge is -2.43. The number of rotatable bonds is 3. The number of carboxylic acids is 1. The van der Waals surface area contributed by atoms with Crippen molar-refractivity contribution in [3.05, 3.63) is 73.9 Å². The molecule has 1 heterocycles. The second-order valence-electron chi connectivity index (χ2n) is 8.90. The molecule has 2 aromatic rings. The van der Waals surface area contributed by atoms with Crippen molar-refractivity contribution in [1.82, 2.24) is 0 Å². The third-order valence-corrected chi connectivity index (χ3v) is 7.10. The molecule has 0 saturated carbocycles. The van der Waals surface area contributed by atoms with E-state index < -0.39 is 11.9 Å². The van der Waals surface area contributed by atoms with Crippen LogP contribution in [0.5, 0.6) is 0 Å². The lowest BCUT2D eigenvalue weighted by Crippen LogP contribution is -2.43. The maximum atomic E-state index is 13.4. The molecule has 166 valence electrons. The Morgan fingerprint density at radius 1 is 1.06 bits per heavy atom. The third-order valence-electron chi connectivity index (χ3n) is 5.94. The summed E-state index contributed by atoms with van der Waals surface area (Å²) in [7, 11) is 0. The highest BCUT2D eigenvalue weighted by atomic mass is 35.5. The van der Waals surface area contributed by atoms with Crippen LogP contribution in [-0.4, -0.2) is 22.8 Å².